The number of aliphatic carboxylic acids is 1. The van der Waals surface area contributed by atoms with Crippen LogP contribution in [0.15, 0.2) is 47.5 Å². The molecule has 1 aromatic carbocycles. The third-order valence-corrected chi connectivity index (χ3v) is 5.93. The molecule has 11 heteroatoms. The van der Waals surface area contributed by atoms with Crippen LogP contribution < -0.4 is 5.56 Å². The van der Waals surface area contributed by atoms with Gasteiger partial charge in [-0.15, -0.1) is 5.10 Å². The summed E-state index contributed by atoms with van der Waals surface area (Å²) in [5, 5.41) is 28.5. The van der Waals surface area contributed by atoms with Crippen molar-refractivity contribution in [3.8, 4) is 11.1 Å². The van der Waals surface area contributed by atoms with Gasteiger partial charge < -0.3 is 24.1 Å². The van der Waals surface area contributed by atoms with Crippen LogP contribution in [0, 0.1) is 0 Å². The number of carboxylic acid groups (broad SMARTS) is 1. The number of aromatic nitrogens is 5. The van der Waals surface area contributed by atoms with E-state index in [1.807, 2.05) is 0 Å². The average Bonchev–Trinajstić information content (AvgIpc) is 3.42. The predicted molar refractivity (Wildman–Crippen MR) is 135 cm³/mol. The lowest BCUT2D eigenvalue weighted by Gasteiger charge is -2.28. The van der Waals surface area contributed by atoms with Gasteiger partial charge in [-0.1, -0.05) is 28.9 Å². The summed E-state index contributed by atoms with van der Waals surface area (Å²) in [5.74, 6) is -1.20. The van der Waals surface area contributed by atoms with Gasteiger partial charge in [0.05, 0.1) is 37.2 Å². The minimum absolute atomic E-state index is 0.0651. The van der Waals surface area contributed by atoms with E-state index in [1.54, 1.807) is 75.1 Å². The lowest BCUT2D eigenvalue weighted by Crippen LogP contribution is -2.33. The summed E-state index contributed by atoms with van der Waals surface area (Å²) < 4.78 is 10.6. The largest absolute Gasteiger partial charge is 0.479 e. The molecule has 1 atom stereocenters. The number of aliphatic hydroxyl groups is 1. The van der Waals surface area contributed by atoms with Crippen molar-refractivity contribution in [2.24, 2.45) is 7.05 Å². The summed E-state index contributed by atoms with van der Waals surface area (Å²) in [6, 6.07) is 8.80. The molecule has 4 aromatic rings. The van der Waals surface area contributed by atoms with Crippen molar-refractivity contribution in [2.45, 2.75) is 45.6 Å². The van der Waals surface area contributed by atoms with E-state index in [9.17, 15) is 14.7 Å². The Bertz CT molecular complexity index is 1460. The fourth-order valence-electron chi connectivity index (χ4n) is 4.22. The zero-order valence-electron chi connectivity index (χ0n) is 20.5. The molecule has 3 aromatic heterocycles. The number of ether oxygens (including phenoxy) is 1. The van der Waals surface area contributed by atoms with Crippen molar-refractivity contribution in [1.29, 1.82) is 0 Å². The molecular weight excluding hydrogens is 486 g/mol. The summed E-state index contributed by atoms with van der Waals surface area (Å²) in [4.78, 5) is 26.1. The molecule has 36 heavy (non-hydrogen) atoms. The number of rotatable bonds is 8. The summed E-state index contributed by atoms with van der Waals surface area (Å²) in [6.07, 6.45) is 2.08. The van der Waals surface area contributed by atoms with Crippen LogP contribution in [0.5, 0.6) is 0 Å². The number of hydrogen-bond acceptors (Lipinski definition) is 6. The van der Waals surface area contributed by atoms with Gasteiger partial charge in [-0.05, 0) is 44.5 Å². The molecule has 0 amide bonds. The molecule has 0 saturated heterocycles. The highest BCUT2D eigenvalue weighted by Crippen LogP contribution is 2.37. The van der Waals surface area contributed by atoms with E-state index in [2.05, 4.69) is 10.3 Å². The molecule has 0 aliphatic carbocycles. The van der Waals surface area contributed by atoms with Gasteiger partial charge in [-0.2, -0.15) is 0 Å². The summed E-state index contributed by atoms with van der Waals surface area (Å²) in [6.45, 7) is 5.82. The van der Waals surface area contributed by atoms with Crippen molar-refractivity contribution in [2.75, 3.05) is 6.61 Å². The summed E-state index contributed by atoms with van der Waals surface area (Å²) in [7, 11) is 1.55. The van der Waals surface area contributed by atoms with Gasteiger partial charge in [0.15, 0.2) is 6.10 Å². The Hall–Kier alpha value is -3.47. The van der Waals surface area contributed by atoms with Crippen molar-refractivity contribution in [1.82, 2.24) is 24.1 Å². The van der Waals surface area contributed by atoms with Gasteiger partial charge in [0.2, 0.25) is 0 Å². The SMILES string of the molecule is Cn1c(C(OC(C)(C)C)C(=O)O)c(-c2ccc(Cl)cc2)c2ccn(Cc3cn(CCO)nn3)c2c1=O. The van der Waals surface area contributed by atoms with Crippen molar-refractivity contribution >= 4 is 28.5 Å². The number of fused-ring (bicyclic) bond motifs is 1. The molecule has 0 saturated carbocycles. The number of pyridine rings is 1. The van der Waals surface area contributed by atoms with Crippen LogP contribution in [0.3, 0.4) is 0 Å². The predicted octanol–water partition coefficient (Wildman–Crippen LogP) is 3.23. The molecule has 190 valence electrons. The highest BCUT2D eigenvalue weighted by molar-refractivity contribution is 6.30. The normalized spacial score (nSPS) is 12.8. The van der Waals surface area contributed by atoms with E-state index >= 15 is 0 Å². The Labute approximate surface area is 212 Å². The summed E-state index contributed by atoms with van der Waals surface area (Å²) in [5.41, 5.74) is 1.37. The Kier molecular flexibility index (Phi) is 7.03. The topological polar surface area (TPSA) is 124 Å². The number of aliphatic hydroxyl groups excluding tert-OH is 1. The minimum atomic E-state index is -1.39. The number of benzene rings is 1. The monoisotopic (exact) mass is 513 g/mol. The second-order valence-electron chi connectivity index (χ2n) is 9.48. The molecule has 0 bridgehead atoms. The second kappa shape index (κ2) is 9.88. The van der Waals surface area contributed by atoms with Crippen LogP contribution >= 0.6 is 11.6 Å². The quantitative estimate of drug-likeness (QED) is 0.370. The van der Waals surface area contributed by atoms with E-state index < -0.39 is 17.7 Å². The van der Waals surface area contributed by atoms with Gasteiger partial charge in [0, 0.05) is 29.2 Å². The van der Waals surface area contributed by atoms with Gasteiger partial charge in [0.25, 0.3) is 5.56 Å². The fraction of sp³-hybridized carbons (Fsp3) is 0.360. The molecular formula is C25H28ClN5O5. The molecule has 0 radical (unpaired) electrons. The fourth-order valence-corrected chi connectivity index (χ4v) is 4.35. The van der Waals surface area contributed by atoms with Crippen LogP contribution in [0.4, 0.5) is 0 Å². The Balaban J connectivity index is 1.97. The number of nitrogens with zero attached hydrogens (tertiary/aromatic N) is 5. The Morgan fingerprint density at radius 3 is 2.50 bits per heavy atom. The van der Waals surface area contributed by atoms with Crippen LogP contribution in [0.2, 0.25) is 5.02 Å². The molecule has 1 unspecified atom stereocenters. The van der Waals surface area contributed by atoms with Crippen LogP contribution in [-0.4, -0.2) is 52.5 Å². The summed E-state index contributed by atoms with van der Waals surface area (Å²) >= 11 is 6.12. The van der Waals surface area contributed by atoms with E-state index in [4.69, 9.17) is 21.4 Å². The van der Waals surface area contributed by atoms with E-state index in [1.165, 1.54) is 9.25 Å². The maximum absolute atomic E-state index is 13.7. The first-order chi connectivity index (χ1) is 17.0. The van der Waals surface area contributed by atoms with Crippen LogP contribution in [0.1, 0.15) is 38.3 Å². The standard InChI is InChI=1S/C25H28ClN5O5/c1-25(2,3)36-22(24(34)35)21-19(15-5-7-16(26)8-6-15)18-9-10-30(20(18)23(33)29(21)4)13-17-14-31(11-12-32)28-27-17/h5-10,14,22,32H,11-13H2,1-4H3,(H,34,35). The van der Waals surface area contributed by atoms with Crippen molar-refractivity contribution in [3.63, 3.8) is 0 Å². The third kappa shape index (κ3) is 5.06. The molecule has 0 aliphatic rings. The average molecular weight is 514 g/mol. The first-order valence-electron chi connectivity index (χ1n) is 11.4. The lowest BCUT2D eigenvalue weighted by molar-refractivity contribution is -0.161. The minimum Gasteiger partial charge on any atom is -0.479 e. The smallest absolute Gasteiger partial charge is 0.339 e. The third-order valence-electron chi connectivity index (χ3n) is 5.68. The zero-order chi connectivity index (χ0) is 26.2. The van der Waals surface area contributed by atoms with Crippen molar-refractivity contribution in [3.05, 3.63) is 69.5 Å². The number of carboxylic acids is 1. The van der Waals surface area contributed by atoms with Crippen LogP contribution in [0.25, 0.3) is 22.0 Å². The van der Waals surface area contributed by atoms with Crippen molar-refractivity contribution < 1.29 is 19.7 Å². The van der Waals surface area contributed by atoms with Crippen LogP contribution in [-0.2, 0) is 29.7 Å². The number of hydrogen-bond donors (Lipinski definition) is 2. The van der Waals surface area contributed by atoms with E-state index in [-0.39, 0.29) is 24.4 Å². The number of carbonyl (C=O) groups is 1. The van der Waals surface area contributed by atoms with Gasteiger partial charge >= 0.3 is 5.97 Å². The van der Waals surface area contributed by atoms with E-state index in [0.29, 0.717) is 39.3 Å². The maximum atomic E-state index is 13.7. The van der Waals surface area contributed by atoms with Gasteiger partial charge in [-0.25, -0.2) is 9.48 Å². The molecule has 10 nitrogen and oxygen atoms in total. The second-order valence-corrected chi connectivity index (χ2v) is 9.92. The molecule has 3 heterocycles. The first-order valence-corrected chi connectivity index (χ1v) is 11.8. The lowest BCUT2D eigenvalue weighted by atomic mass is 9.96. The number of halogens is 1. The highest BCUT2D eigenvalue weighted by atomic mass is 35.5. The van der Waals surface area contributed by atoms with Gasteiger partial charge in [-0.3, -0.25) is 4.79 Å². The highest BCUT2D eigenvalue weighted by Gasteiger charge is 2.33. The molecule has 0 spiro atoms. The Morgan fingerprint density at radius 1 is 1.19 bits per heavy atom. The Morgan fingerprint density at radius 2 is 1.89 bits per heavy atom. The van der Waals surface area contributed by atoms with Gasteiger partial charge in [0.1, 0.15) is 11.2 Å². The van der Waals surface area contributed by atoms with E-state index in [0.717, 1.165) is 0 Å². The zero-order valence-corrected chi connectivity index (χ0v) is 21.2. The molecule has 0 aliphatic heterocycles. The molecule has 0 fully saturated rings. The molecule has 4 rings (SSSR count). The molecule has 2 N–H and O–H groups in total. The first kappa shape index (κ1) is 25.6. The maximum Gasteiger partial charge on any atom is 0.339 e.